The van der Waals surface area contributed by atoms with Crippen LogP contribution in [0.2, 0.25) is 0 Å². The number of H-pyrrole nitrogens is 1. The van der Waals surface area contributed by atoms with Gasteiger partial charge in [-0.25, -0.2) is 4.79 Å². The fraction of sp³-hybridized carbons (Fsp3) is 0.0526. The number of aromatic amines is 1. The van der Waals surface area contributed by atoms with Gasteiger partial charge in [0, 0.05) is 6.20 Å². The Bertz CT molecular complexity index is 923. The van der Waals surface area contributed by atoms with Gasteiger partial charge in [0.1, 0.15) is 0 Å². The molecule has 0 aliphatic heterocycles. The number of rotatable bonds is 4. The number of aromatic nitrogens is 2. The monoisotopic (exact) mass is 304 g/mol. The summed E-state index contributed by atoms with van der Waals surface area (Å²) in [6.45, 7) is 0.252. The van der Waals surface area contributed by atoms with Crippen molar-refractivity contribution in [2.75, 3.05) is 0 Å². The summed E-state index contributed by atoms with van der Waals surface area (Å²) in [5, 5.41) is 0. The smallest absolute Gasteiger partial charge is 0.313 e. The first-order valence-corrected chi connectivity index (χ1v) is 7.33. The Morgan fingerprint density at radius 1 is 0.870 bits per heavy atom. The highest BCUT2D eigenvalue weighted by molar-refractivity contribution is 5.68. The van der Waals surface area contributed by atoms with Crippen LogP contribution in [0.5, 0.6) is 0 Å². The lowest BCUT2D eigenvalue weighted by Gasteiger charge is -2.05. The van der Waals surface area contributed by atoms with Gasteiger partial charge in [-0.15, -0.1) is 0 Å². The van der Waals surface area contributed by atoms with Gasteiger partial charge in [-0.1, -0.05) is 66.7 Å². The molecule has 1 N–H and O–H groups in total. The molecule has 3 rings (SSSR count). The van der Waals surface area contributed by atoms with E-state index in [1.165, 1.54) is 10.8 Å². The molecule has 0 amide bonds. The Hall–Kier alpha value is -3.14. The van der Waals surface area contributed by atoms with Crippen LogP contribution in [-0.2, 0) is 6.54 Å². The minimum atomic E-state index is -0.407. The summed E-state index contributed by atoms with van der Waals surface area (Å²) in [4.78, 5) is 27.1. The van der Waals surface area contributed by atoms with E-state index in [0.717, 1.165) is 11.1 Å². The van der Waals surface area contributed by atoms with E-state index in [1.807, 2.05) is 66.7 Å². The molecule has 1 aromatic heterocycles. The lowest BCUT2D eigenvalue weighted by atomic mass is 10.2. The Morgan fingerprint density at radius 3 is 2.22 bits per heavy atom. The molecular weight excluding hydrogens is 288 g/mol. The molecule has 0 fully saturated rings. The molecule has 0 atom stereocenters. The van der Waals surface area contributed by atoms with Gasteiger partial charge in [-0.05, 0) is 17.2 Å². The largest absolute Gasteiger partial charge is 0.328 e. The topological polar surface area (TPSA) is 54.9 Å². The number of nitrogens with zero attached hydrogens (tertiary/aromatic N) is 1. The van der Waals surface area contributed by atoms with Crippen LogP contribution in [0.4, 0.5) is 0 Å². The van der Waals surface area contributed by atoms with Crippen molar-refractivity contribution in [3.8, 4) is 0 Å². The fourth-order valence-corrected chi connectivity index (χ4v) is 2.31. The molecule has 0 spiro atoms. The second-order valence-electron chi connectivity index (χ2n) is 5.17. The van der Waals surface area contributed by atoms with Gasteiger partial charge in [-0.2, -0.15) is 0 Å². The first kappa shape index (κ1) is 14.8. The van der Waals surface area contributed by atoms with Crippen LogP contribution in [0, 0.1) is 0 Å². The first-order valence-electron chi connectivity index (χ1n) is 7.33. The molecule has 4 heteroatoms. The highest BCUT2D eigenvalue weighted by Gasteiger charge is 2.06. The number of hydrogen-bond donors (Lipinski definition) is 1. The van der Waals surface area contributed by atoms with Crippen LogP contribution >= 0.6 is 0 Å². The molecule has 0 unspecified atom stereocenters. The van der Waals surface area contributed by atoms with Crippen LogP contribution in [0.25, 0.3) is 12.2 Å². The maximum atomic E-state index is 12.5. The third kappa shape index (κ3) is 3.55. The summed E-state index contributed by atoms with van der Waals surface area (Å²) in [6.07, 6.45) is 5.02. The quantitative estimate of drug-likeness (QED) is 0.806. The Labute approximate surface area is 133 Å². The highest BCUT2D eigenvalue weighted by atomic mass is 16.2. The van der Waals surface area contributed by atoms with Crippen LogP contribution in [0.3, 0.4) is 0 Å². The molecule has 0 saturated heterocycles. The molecular formula is C19H16N2O2. The minimum Gasteiger partial charge on any atom is -0.313 e. The van der Waals surface area contributed by atoms with Crippen molar-refractivity contribution in [3.63, 3.8) is 0 Å². The van der Waals surface area contributed by atoms with E-state index in [2.05, 4.69) is 4.98 Å². The molecule has 0 aliphatic rings. The zero-order valence-electron chi connectivity index (χ0n) is 12.5. The summed E-state index contributed by atoms with van der Waals surface area (Å²) in [6, 6.07) is 19.1. The molecule has 0 radical (unpaired) electrons. The third-order valence-corrected chi connectivity index (χ3v) is 3.53. The van der Waals surface area contributed by atoms with E-state index < -0.39 is 5.69 Å². The van der Waals surface area contributed by atoms with Crippen molar-refractivity contribution in [1.82, 2.24) is 9.55 Å². The van der Waals surface area contributed by atoms with Crippen molar-refractivity contribution >= 4 is 12.2 Å². The average molecular weight is 304 g/mol. The van der Waals surface area contributed by atoms with E-state index >= 15 is 0 Å². The standard InChI is InChI=1S/C19H16N2O2/c22-18-17(12-11-15-7-3-1-4-8-15)13-20-19(23)21(18)14-16-9-5-2-6-10-16/h1-13H,14H2,(H,20,23)/b12-11+. The SMILES string of the molecule is O=c1[nH]cc(/C=C/c2ccccc2)c(=O)n1Cc1ccccc1. The second kappa shape index (κ2) is 6.75. The van der Waals surface area contributed by atoms with E-state index in [0.29, 0.717) is 5.56 Å². The zero-order valence-corrected chi connectivity index (χ0v) is 12.5. The van der Waals surface area contributed by atoms with E-state index in [4.69, 9.17) is 0 Å². The number of nitrogens with one attached hydrogen (secondary N) is 1. The molecule has 0 aliphatic carbocycles. The molecule has 23 heavy (non-hydrogen) atoms. The van der Waals surface area contributed by atoms with Crippen molar-refractivity contribution in [2.45, 2.75) is 6.54 Å². The van der Waals surface area contributed by atoms with Crippen LogP contribution in [-0.4, -0.2) is 9.55 Å². The lowest BCUT2D eigenvalue weighted by Crippen LogP contribution is -2.36. The van der Waals surface area contributed by atoms with Gasteiger partial charge in [0.25, 0.3) is 5.56 Å². The lowest BCUT2D eigenvalue weighted by molar-refractivity contribution is 0.697. The molecule has 0 bridgehead atoms. The summed E-state index contributed by atoms with van der Waals surface area (Å²) < 4.78 is 1.21. The number of hydrogen-bond acceptors (Lipinski definition) is 2. The maximum Gasteiger partial charge on any atom is 0.328 e. The van der Waals surface area contributed by atoms with Crippen molar-refractivity contribution < 1.29 is 0 Å². The zero-order chi connectivity index (χ0) is 16.1. The van der Waals surface area contributed by atoms with Crippen molar-refractivity contribution in [2.24, 2.45) is 0 Å². The third-order valence-electron chi connectivity index (χ3n) is 3.53. The highest BCUT2D eigenvalue weighted by Crippen LogP contribution is 2.04. The van der Waals surface area contributed by atoms with Gasteiger partial charge < -0.3 is 4.98 Å². The first-order chi connectivity index (χ1) is 11.2. The van der Waals surface area contributed by atoms with Crippen LogP contribution in [0.15, 0.2) is 76.4 Å². The van der Waals surface area contributed by atoms with Crippen molar-refractivity contribution in [3.05, 3.63) is 104 Å². The molecule has 2 aromatic carbocycles. The van der Waals surface area contributed by atoms with E-state index in [-0.39, 0.29) is 12.1 Å². The molecule has 3 aromatic rings. The fourth-order valence-electron chi connectivity index (χ4n) is 2.31. The summed E-state index contributed by atoms with van der Waals surface area (Å²) in [5.74, 6) is 0. The van der Waals surface area contributed by atoms with Crippen LogP contribution < -0.4 is 11.2 Å². The van der Waals surface area contributed by atoms with Crippen LogP contribution in [0.1, 0.15) is 16.7 Å². The molecule has 4 nitrogen and oxygen atoms in total. The molecule has 1 heterocycles. The Morgan fingerprint density at radius 2 is 1.52 bits per heavy atom. The van der Waals surface area contributed by atoms with Gasteiger partial charge in [0.05, 0.1) is 12.1 Å². The maximum absolute atomic E-state index is 12.5. The Kier molecular flexibility index (Phi) is 4.34. The van der Waals surface area contributed by atoms with Gasteiger partial charge in [-0.3, -0.25) is 9.36 Å². The summed E-state index contributed by atoms with van der Waals surface area (Å²) in [7, 11) is 0. The summed E-state index contributed by atoms with van der Waals surface area (Å²) in [5.41, 5.74) is 1.64. The average Bonchev–Trinajstić information content (AvgIpc) is 2.60. The minimum absolute atomic E-state index is 0.252. The molecule has 114 valence electrons. The van der Waals surface area contributed by atoms with E-state index in [9.17, 15) is 9.59 Å². The second-order valence-corrected chi connectivity index (χ2v) is 5.17. The predicted molar refractivity (Wildman–Crippen MR) is 92.2 cm³/mol. The number of benzene rings is 2. The predicted octanol–water partition coefficient (Wildman–Crippen LogP) is 2.76. The summed E-state index contributed by atoms with van der Waals surface area (Å²) >= 11 is 0. The molecule has 0 saturated carbocycles. The van der Waals surface area contributed by atoms with Gasteiger partial charge in [0.15, 0.2) is 0 Å². The van der Waals surface area contributed by atoms with E-state index in [1.54, 1.807) is 6.08 Å². The normalized spacial score (nSPS) is 11.0. The van der Waals surface area contributed by atoms with Gasteiger partial charge in [0.2, 0.25) is 0 Å². The van der Waals surface area contributed by atoms with Gasteiger partial charge >= 0.3 is 5.69 Å². The Balaban J connectivity index is 1.95. The van der Waals surface area contributed by atoms with Crippen molar-refractivity contribution in [1.29, 1.82) is 0 Å².